The van der Waals surface area contributed by atoms with Crippen molar-refractivity contribution in [2.45, 2.75) is 0 Å². The van der Waals surface area contributed by atoms with Gasteiger partial charge in [-0.15, -0.1) is 11.3 Å². The van der Waals surface area contributed by atoms with Gasteiger partial charge in [0.05, 0.1) is 0 Å². The molecule has 0 saturated carbocycles. The lowest BCUT2D eigenvalue weighted by Gasteiger charge is -2.20. The average molecular weight is 613 g/mol. The van der Waals surface area contributed by atoms with Crippen LogP contribution in [0.25, 0.3) is 96.6 Å². The average Bonchev–Trinajstić information content (AvgIpc) is 3.53. The Morgan fingerprint density at radius 3 is 1.89 bits per heavy atom. The molecule has 218 valence electrons. The maximum atomic E-state index is 2.46. The fourth-order valence-corrected chi connectivity index (χ4v) is 8.94. The molecule has 0 radical (unpaired) electrons. The molecule has 0 aliphatic heterocycles. The van der Waals surface area contributed by atoms with E-state index < -0.39 is 0 Å². The smallest absolute Gasteiger partial charge is 0.0433 e. The highest BCUT2D eigenvalue weighted by Crippen LogP contribution is 2.48. The molecule has 0 aliphatic carbocycles. The van der Waals surface area contributed by atoms with Crippen LogP contribution in [0.1, 0.15) is 0 Å². The van der Waals surface area contributed by atoms with Crippen molar-refractivity contribution in [2.75, 3.05) is 0 Å². The summed E-state index contributed by atoms with van der Waals surface area (Å²) in [6, 6.07) is 62.8. The van der Waals surface area contributed by atoms with E-state index in [9.17, 15) is 0 Å². The zero-order chi connectivity index (χ0) is 30.9. The Hall–Kier alpha value is -5.76. The monoisotopic (exact) mass is 612 g/mol. The highest BCUT2D eigenvalue weighted by molar-refractivity contribution is 7.26. The van der Waals surface area contributed by atoms with E-state index in [1.165, 1.54) is 96.6 Å². The molecule has 0 atom stereocenters. The van der Waals surface area contributed by atoms with Crippen molar-refractivity contribution in [1.29, 1.82) is 0 Å². The lowest BCUT2D eigenvalue weighted by atomic mass is 9.83. The van der Waals surface area contributed by atoms with Gasteiger partial charge >= 0.3 is 0 Å². The van der Waals surface area contributed by atoms with Gasteiger partial charge in [-0.2, -0.15) is 0 Å². The molecular formula is C46H28S. The van der Waals surface area contributed by atoms with E-state index in [-0.39, 0.29) is 0 Å². The highest BCUT2D eigenvalue weighted by Gasteiger charge is 2.20. The van der Waals surface area contributed by atoms with E-state index in [0.29, 0.717) is 0 Å². The van der Waals surface area contributed by atoms with Crippen molar-refractivity contribution >= 4 is 74.6 Å². The molecule has 0 spiro atoms. The molecule has 1 heterocycles. The molecule has 0 fully saturated rings. The number of thiophene rings is 1. The summed E-state index contributed by atoms with van der Waals surface area (Å²) in [5.41, 5.74) is 7.60. The first-order valence-corrected chi connectivity index (χ1v) is 17.0. The zero-order valence-electron chi connectivity index (χ0n) is 25.6. The van der Waals surface area contributed by atoms with Crippen molar-refractivity contribution in [3.05, 3.63) is 170 Å². The van der Waals surface area contributed by atoms with Crippen LogP contribution in [0.4, 0.5) is 0 Å². The second-order valence-electron chi connectivity index (χ2n) is 12.4. The summed E-state index contributed by atoms with van der Waals surface area (Å²) in [6.45, 7) is 0. The maximum absolute atomic E-state index is 2.46. The number of hydrogen-bond acceptors (Lipinski definition) is 1. The molecule has 0 bridgehead atoms. The molecule has 1 heteroatoms. The van der Waals surface area contributed by atoms with Crippen LogP contribution in [0, 0.1) is 0 Å². The van der Waals surface area contributed by atoms with Gasteiger partial charge in [0.2, 0.25) is 0 Å². The van der Waals surface area contributed by atoms with Gasteiger partial charge in [0.1, 0.15) is 0 Å². The van der Waals surface area contributed by atoms with E-state index >= 15 is 0 Å². The first-order valence-electron chi connectivity index (χ1n) is 16.2. The SMILES string of the molecule is c1ccc(-c2c3cc(-c4cccc5c4sc4ccccc45)ccc3c(-c3ccc4ccccc4c3)c3ccc4ccccc4c23)cc1. The van der Waals surface area contributed by atoms with Crippen LogP contribution in [0.15, 0.2) is 170 Å². The van der Waals surface area contributed by atoms with Crippen LogP contribution in [-0.2, 0) is 0 Å². The fraction of sp³-hybridized carbons (Fsp3) is 0. The molecule has 0 nitrogen and oxygen atoms in total. The van der Waals surface area contributed by atoms with Crippen molar-refractivity contribution in [1.82, 2.24) is 0 Å². The number of fused-ring (bicyclic) bond motifs is 8. The zero-order valence-corrected chi connectivity index (χ0v) is 26.4. The molecule has 9 aromatic carbocycles. The van der Waals surface area contributed by atoms with Gasteiger partial charge in [0.15, 0.2) is 0 Å². The molecule has 0 unspecified atom stereocenters. The summed E-state index contributed by atoms with van der Waals surface area (Å²) >= 11 is 1.89. The van der Waals surface area contributed by atoms with Crippen LogP contribution in [0.5, 0.6) is 0 Å². The normalized spacial score (nSPS) is 11.8. The fourth-order valence-electron chi connectivity index (χ4n) is 7.70. The van der Waals surface area contributed by atoms with Gasteiger partial charge < -0.3 is 0 Å². The first-order chi connectivity index (χ1) is 23.3. The summed E-state index contributed by atoms with van der Waals surface area (Å²) in [7, 11) is 0. The second kappa shape index (κ2) is 10.4. The van der Waals surface area contributed by atoms with Crippen molar-refractivity contribution < 1.29 is 0 Å². The van der Waals surface area contributed by atoms with Gasteiger partial charge in [0.25, 0.3) is 0 Å². The van der Waals surface area contributed by atoms with E-state index in [1.54, 1.807) is 0 Å². The second-order valence-corrected chi connectivity index (χ2v) is 13.5. The molecular weight excluding hydrogens is 585 g/mol. The quantitative estimate of drug-likeness (QED) is 0.138. The Kier molecular flexibility index (Phi) is 5.85. The van der Waals surface area contributed by atoms with Crippen LogP contribution < -0.4 is 0 Å². The Morgan fingerprint density at radius 1 is 0.319 bits per heavy atom. The Morgan fingerprint density at radius 2 is 1.00 bits per heavy atom. The van der Waals surface area contributed by atoms with Crippen LogP contribution >= 0.6 is 11.3 Å². The summed E-state index contributed by atoms with van der Waals surface area (Å²) in [5, 5.41) is 12.9. The first kappa shape index (κ1) is 26.5. The molecule has 0 aliphatic rings. The summed E-state index contributed by atoms with van der Waals surface area (Å²) in [6.07, 6.45) is 0. The Balaban J connectivity index is 1.38. The van der Waals surface area contributed by atoms with E-state index in [2.05, 4.69) is 170 Å². The van der Waals surface area contributed by atoms with Crippen molar-refractivity contribution in [2.24, 2.45) is 0 Å². The van der Waals surface area contributed by atoms with E-state index in [4.69, 9.17) is 0 Å². The summed E-state index contributed by atoms with van der Waals surface area (Å²) in [5.74, 6) is 0. The number of rotatable bonds is 3. The van der Waals surface area contributed by atoms with Gasteiger partial charge in [0, 0.05) is 20.2 Å². The largest absolute Gasteiger partial charge is 0.135 e. The van der Waals surface area contributed by atoms with Crippen LogP contribution in [0.3, 0.4) is 0 Å². The topological polar surface area (TPSA) is 0 Å². The third kappa shape index (κ3) is 4.07. The Labute approximate surface area is 276 Å². The lowest BCUT2D eigenvalue weighted by Crippen LogP contribution is -1.93. The maximum Gasteiger partial charge on any atom is 0.0433 e. The number of benzene rings is 9. The third-order valence-electron chi connectivity index (χ3n) is 9.82. The summed E-state index contributed by atoms with van der Waals surface area (Å²) < 4.78 is 2.67. The third-order valence-corrected chi connectivity index (χ3v) is 11.0. The molecule has 10 rings (SSSR count). The lowest BCUT2D eigenvalue weighted by molar-refractivity contribution is 1.66. The highest BCUT2D eigenvalue weighted by atomic mass is 32.1. The van der Waals surface area contributed by atoms with E-state index in [0.717, 1.165) is 0 Å². The number of hydrogen-bond donors (Lipinski definition) is 0. The molecule has 1 aromatic heterocycles. The Bertz CT molecular complexity index is 2840. The van der Waals surface area contributed by atoms with Gasteiger partial charge in [-0.1, -0.05) is 152 Å². The standard InChI is InChI=1S/C46H28S/c1-2-13-31(14-3-1)44-41-28-33(36-18-10-19-39-37-17-8-9-20-42(37)47-46(36)39)24-25-38(41)43(34-22-21-29-11-4-5-15-32(29)27-34)40-26-23-30-12-6-7-16-35(30)45(40)44/h1-28H. The minimum Gasteiger partial charge on any atom is -0.135 e. The van der Waals surface area contributed by atoms with E-state index in [1.807, 2.05) is 11.3 Å². The predicted molar refractivity (Wildman–Crippen MR) is 206 cm³/mol. The molecule has 0 saturated heterocycles. The molecule has 0 amide bonds. The minimum absolute atomic E-state index is 1.24. The van der Waals surface area contributed by atoms with Gasteiger partial charge in [-0.3, -0.25) is 0 Å². The predicted octanol–water partition coefficient (Wildman–Crippen LogP) is 13.7. The minimum atomic E-state index is 1.24. The van der Waals surface area contributed by atoms with Crippen molar-refractivity contribution in [3.8, 4) is 33.4 Å². The van der Waals surface area contributed by atoms with Crippen molar-refractivity contribution in [3.63, 3.8) is 0 Å². The molecule has 47 heavy (non-hydrogen) atoms. The summed E-state index contributed by atoms with van der Waals surface area (Å²) in [4.78, 5) is 0. The van der Waals surface area contributed by atoms with Crippen LogP contribution in [0.2, 0.25) is 0 Å². The van der Waals surface area contributed by atoms with Gasteiger partial charge in [-0.25, -0.2) is 0 Å². The molecule has 0 N–H and O–H groups in total. The molecule has 10 aromatic rings. The van der Waals surface area contributed by atoms with Gasteiger partial charge in [-0.05, 0) is 94.7 Å². The van der Waals surface area contributed by atoms with Crippen LogP contribution in [-0.4, -0.2) is 0 Å².